The standard InChI is InChI=1S/C39H58N4O5/c1-25-31-21-30(38(31,3)4)22-32(25)40-37(47)35-34(26(2)45)33(24-44)48-43(35)23-28-11-9-10-27(20-28)12-17-39(15-7-6-8-16-39)41-36(46)29-13-18-42(5)19-14-29/h9-11,20,25-26,29-35,44-45H,6-8,13-16,18-19,21-24H2,1-5H3,(H,40,47)(H,41,46)/t25?,26-,30+,31?,32-,33?,34+,35-/m0/s1. The van der Waals surface area contributed by atoms with E-state index in [0.717, 1.165) is 75.6 Å². The number of rotatable bonds is 8. The molecule has 1 aromatic rings. The number of fused-ring (bicyclic) bond motifs is 2. The minimum Gasteiger partial charge on any atom is -0.394 e. The van der Waals surface area contributed by atoms with Gasteiger partial charge >= 0.3 is 0 Å². The molecular formula is C39H58N4O5. The summed E-state index contributed by atoms with van der Waals surface area (Å²) in [6.45, 7) is 10.5. The van der Waals surface area contributed by atoms with Gasteiger partial charge in [0.1, 0.15) is 17.7 Å². The highest BCUT2D eigenvalue weighted by Gasteiger charge is 2.57. The minimum atomic E-state index is -0.840. The molecule has 1 aromatic carbocycles. The van der Waals surface area contributed by atoms with E-state index in [2.05, 4.69) is 55.2 Å². The van der Waals surface area contributed by atoms with Crippen LogP contribution in [0.1, 0.15) is 96.6 Å². The van der Waals surface area contributed by atoms with Crippen molar-refractivity contribution in [2.75, 3.05) is 26.7 Å². The summed E-state index contributed by atoms with van der Waals surface area (Å²) >= 11 is 0. The van der Waals surface area contributed by atoms with Gasteiger partial charge in [0, 0.05) is 23.4 Å². The third kappa shape index (κ3) is 7.20. The van der Waals surface area contributed by atoms with Gasteiger partial charge in [0.2, 0.25) is 11.8 Å². The van der Waals surface area contributed by atoms with Gasteiger partial charge < -0.3 is 25.7 Å². The Morgan fingerprint density at radius 2 is 1.83 bits per heavy atom. The van der Waals surface area contributed by atoms with Gasteiger partial charge in [0.25, 0.3) is 0 Å². The van der Waals surface area contributed by atoms with E-state index in [1.807, 2.05) is 24.3 Å². The maximum atomic E-state index is 14.0. The molecule has 264 valence electrons. The summed E-state index contributed by atoms with van der Waals surface area (Å²) in [6.07, 6.45) is 7.42. The topological polar surface area (TPSA) is 114 Å². The molecular weight excluding hydrogens is 604 g/mol. The molecule has 8 atom stereocenters. The van der Waals surface area contributed by atoms with Crippen molar-refractivity contribution in [1.82, 2.24) is 20.6 Å². The van der Waals surface area contributed by atoms with Crippen LogP contribution in [0.5, 0.6) is 0 Å². The van der Waals surface area contributed by atoms with E-state index in [4.69, 9.17) is 4.84 Å². The molecule has 0 spiro atoms. The van der Waals surface area contributed by atoms with Gasteiger partial charge in [-0.15, -0.1) is 0 Å². The molecule has 7 rings (SSSR count). The predicted molar refractivity (Wildman–Crippen MR) is 185 cm³/mol. The highest BCUT2D eigenvalue weighted by atomic mass is 16.7. The summed E-state index contributed by atoms with van der Waals surface area (Å²) < 4.78 is 0. The summed E-state index contributed by atoms with van der Waals surface area (Å²) in [5.74, 6) is 7.95. The fraction of sp³-hybridized carbons (Fsp3) is 0.744. The van der Waals surface area contributed by atoms with Crippen LogP contribution in [0, 0.1) is 46.8 Å². The van der Waals surface area contributed by atoms with Gasteiger partial charge in [-0.1, -0.05) is 64.0 Å². The zero-order chi connectivity index (χ0) is 34.2. The summed E-state index contributed by atoms with van der Waals surface area (Å²) in [5, 5.41) is 29.4. The third-order valence-electron chi connectivity index (χ3n) is 12.9. The fourth-order valence-corrected chi connectivity index (χ4v) is 9.65. The first-order valence-electron chi connectivity index (χ1n) is 18.6. The van der Waals surface area contributed by atoms with E-state index in [1.165, 1.54) is 6.42 Å². The number of nitrogens with zero attached hydrogens (tertiary/aromatic N) is 2. The van der Waals surface area contributed by atoms with Gasteiger partial charge in [-0.05, 0) is 106 Å². The molecule has 2 amide bonds. The molecule has 6 fully saturated rings. The second kappa shape index (κ2) is 14.4. The average molecular weight is 663 g/mol. The molecule has 4 aliphatic carbocycles. The number of nitrogens with one attached hydrogen (secondary N) is 2. The Kier molecular flexibility index (Phi) is 10.6. The molecule has 4 saturated carbocycles. The predicted octanol–water partition coefficient (Wildman–Crippen LogP) is 3.86. The first kappa shape index (κ1) is 35.3. The average Bonchev–Trinajstić information content (AvgIpc) is 3.44. The molecule has 3 unspecified atom stereocenters. The van der Waals surface area contributed by atoms with Crippen LogP contribution in [0.15, 0.2) is 24.3 Å². The molecule has 0 aromatic heterocycles. The summed E-state index contributed by atoms with van der Waals surface area (Å²) in [5.41, 5.74) is 1.57. The number of amides is 2. The maximum absolute atomic E-state index is 14.0. The number of benzene rings is 1. The van der Waals surface area contributed by atoms with Crippen LogP contribution >= 0.6 is 0 Å². The second-order valence-corrected chi connectivity index (χ2v) is 16.4. The highest BCUT2D eigenvalue weighted by Crippen LogP contribution is 2.61. The monoisotopic (exact) mass is 662 g/mol. The highest BCUT2D eigenvalue weighted by molar-refractivity contribution is 5.83. The Morgan fingerprint density at radius 3 is 2.48 bits per heavy atom. The number of hydroxylamine groups is 2. The van der Waals surface area contributed by atoms with E-state index in [1.54, 1.807) is 12.0 Å². The summed E-state index contributed by atoms with van der Waals surface area (Å²) in [4.78, 5) is 35.9. The van der Waals surface area contributed by atoms with Crippen LogP contribution < -0.4 is 10.6 Å². The van der Waals surface area contributed by atoms with Crippen molar-refractivity contribution in [3.63, 3.8) is 0 Å². The number of aliphatic hydroxyl groups is 2. The third-order valence-corrected chi connectivity index (χ3v) is 12.9. The largest absolute Gasteiger partial charge is 0.394 e. The SMILES string of the molecule is CC1C2C[C@H](C[C@@H]1NC(=O)[C@@H]1[C@H]([C@H](C)O)C(CO)ON1Cc1cccc(C#CC3(NC(=O)C4CCN(C)CC4)CCCCC3)c1)C2(C)C. The van der Waals surface area contributed by atoms with Gasteiger partial charge in [-0.25, -0.2) is 0 Å². The lowest BCUT2D eigenvalue weighted by molar-refractivity contribution is -0.183. The van der Waals surface area contributed by atoms with Crippen molar-refractivity contribution in [3.05, 3.63) is 35.4 Å². The maximum Gasteiger partial charge on any atom is 0.240 e. The molecule has 6 aliphatic rings. The molecule has 4 N–H and O–H groups in total. The summed E-state index contributed by atoms with van der Waals surface area (Å²) in [6, 6.07) is 7.30. The van der Waals surface area contributed by atoms with Crippen molar-refractivity contribution in [2.45, 2.75) is 122 Å². The lowest BCUT2D eigenvalue weighted by Gasteiger charge is -2.62. The number of carbonyl (C=O) groups is 2. The molecule has 9 nitrogen and oxygen atoms in total. The summed E-state index contributed by atoms with van der Waals surface area (Å²) in [7, 11) is 2.11. The van der Waals surface area contributed by atoms with Crippen LogP contribution in [0.25, 0.3) is 0 Å². The van der Waals surface area contributed by atoms with Crippen LogP contribution in [0.4, 0.5) is 0 Å². The molecule has 48 heavy (non-hydrogen) atoms. The van der Waals surface area contributed by atoms with Crippen LogP contribution in [-0.2, 0) is 21.0 Å². The zero-order valence-corrected chi connectivity index (χ0v) is 29.7. The number of carbonyl (C=O) groups excluding carboxylic acids is 2. The fourth-order valence-electron chi connectivity index (χ4n) is 9.65. The molecule has 2 heterocycles. The Morgan fingerprint density at radius 1 is 1.10 bits per heavy atom. The molecule has 2 aliphatic heterocycles. The Labute approximate surface area is 287 Å². The number of hydrogen-bond acceptors (Lipinski definition) is 7. The molecule has 9 heteroatoms. The van der Waals surface area contributed by atoms with Crippen molar-refractivity contribution in [2.24, 2.45) is 35.0 Å². The Balaban J connectivity index is 1.17. The lowest BCUT2D eigenvalue weighted by atomic mass is 9.45. The van der Waals surface area contributed by atoms with E-state index < -0.39 is 29.7 Å². The molecule has 2 saturated heterocycles. The first-order valence-corrected chi connectivity index (χ1v) is 18.6. The van der Waals surface area contributed by atoms with Gasteiger partial charge in [-0.2, -0.15) is 5.06 Å². The van der Waals surface area contributed by atoms with Gasteiger partial charge in [-0.3, -0.25) is 14.4 Å². The normalized spacial score (nSPS) is 33.9. The van der Waals surface area contributed by atoms with Crippen molar-refractivity contribution >= 4 is 11.8 Å². The lowest BCUT2D eigenvalue weighted by Crippen LogP contribution is -2.62. The van der Waals surface area contributed by atoms with Crippen molar-refractivity contribution in [1.29, 1.82) is 0 Å². The van der Waals surface area contributed by atoms with Crippen molar-refractivity contribution < 1.29 is 24.6 Å². The van der Waals surface area contributed by atoms with Crippen LogP contribution in [0.2, 0.25) is 0 Å². The second-order valence-electron chi connectivity index (χ2n) is 16.4. The van der Waals surface area contributed by atoms with E-state index >= 15 is 0 Å². The quantitative estimate of drug-likeness (QED) is 0.313. The van der Waals surface area contributed by atoms with Crippen LogP contribution in [-0.4, -0.2) is 88.6 Å². The number of hydrogen-bond donors (Lipinski definition) is 4. The smallest absolute Gasteiger partial charge is 0.240 e. The Bertz CT molecular complexity index is 1370. The number of aliphatic hydroxyl groups excluding tert-OH is 2. The number of piperidine rings is 1. The van der Waals surface area contributed by atoms with E-state index in [-0.39, 0.29) is 30.4 Å². The Hall–Kier alpha value is -2.48. The molecule has 0 radical (unpaired) electrons. The number of likely N-dealkylation sites (tertiary alicyclic amines) is 1. The van der Waals surface area contributed by atoms with E-state index in [0.29, 0.717) is 29.7 Å². The van der Waals surface area contributed by atoms with Crippen molar-refractivity contribution in [3.8, 4) is 11.8 Å². The van der Waals surface area contributed by atoms with E-state index in [9.17, 15) is 19.8 Å². The minimum absolute atomic E-state index is 0.0443. The molecule has 2 bridgehead atoms. The first-order chi connectivity index (χ1) is 22.9. The van der Waals surface area contributed by atoms with Gasteiger partial charge in [0.05, 0.1) is 19.3 Å². The zero-order valence-electron chi connectivity index (χ0n) is 29.7. The van der Waals surface area contributed by atoms with Gasteiger partial charge in [0.15, 0.2) is 0 Å². The van der Waals surface area contributed by atoms with Crippen LogP contribution in [0.3, 0.4) is 0 Å².